The van der Waals surface area contributed by atoms with Crippen molar-refractivity contribution in [3.63, 3.8) is 0 Å². The average Bonchev–Trinajstić information content (AvgIpc) is 2.63. The quantitative estimate of drug-likeness (QED) is 0.731. The van der Waals surface area contributed by atoms with Crippen LogP contribution < -0.4 is 14.8 Å². The summed E-state index contributed by atoms with van der Waals surface area (Å²) in [5.41, 5.74) is -0.776. The molecule has 160 valence electrons. The van der Waals surface area contributed by atoms with Crippen molar-refractivity contribution in [1.29, 1.82) is 0 Å². The second kappa shape index (κ2) is 7.64. The number of amides is 1. The molecule has 0 aliphatic carbocycles. The Hall–Kier alpha value is -3.07. The summed E-state index contributed by atoms with van der Waals surface area (Å²) in [6, 6.07) is 8.46. The van der Waals surface area contributed by atoms with E-state index >= 15 is 0 Å². The molecule has 2 aromatic carbocycles. The van der Waals surface area contributed by atoms with Crippen molar-refractivity contribution >= 4 is 11.7 Å². The van der Waals surface area contributed by atoms with E-state index in [2.05, 4.69) is 10.1 Å². The Morgan fingerprint density at radius 1 is 1.17 bits per heavy atom. The van der Waals surface area contributed by atoms with Gasteiger partial charge in [0.1, 0.15) is 23.2 Å². The van der Waals surface area contributed by atoms with Crippen LogP contribution in [0.4, 0.5) is 13.2 Å². The maximum atomic E-state index is 12.8. The number of alkyl halides is 3. The Balaban J connectivity index is 1.99. The van der Waals surface area contributed by atoms with Gasteiger partial charge in [0.05, 0.1) is 11.6 Å². The maximum Gasteiger partial charge on any atom is 0.573 e. The van der Waals surface area contributed by atoms with E-state index < -0.39 is 35.8 Å². The number of benzene rings is 2. The molecular formula is C21H20F3NO5. The van der Waals surface area contributed by atoms with Crippen molar-refractivity contribution in [2.45, 2.75) is 44.9 Å². The van der Waals surface area contributed by atoms with Gasteiger partial charge in [0.2, 0.25) is 0 Å². The van der Waals surface area contributed by atoms with Gasteiger partial charge in [-0.15, -0.1) is 13.2 Å². The van der Waals surface area contributed by atoms with E-state index in [1.54, 1.807) is 26.0 Å². The Morgan fingerprint density at radius 3 is 2.47 bits per heavy atom. The molecular weight excluding hydrogens is 403 g/mol. The minimum atomic E-state index is -4.97. The molecule has 1 amide bonds. The van der Waals surface area contributed by atoms with Gasteiger partial charge in [0, 0.05) is 11.1 Å². The highest BCUT2D eigenvalue weighted by Crippen LogP contribution is 2.40. The van der Waals surface area contributed by atoms with Crippen LogP contribution >= 0.6 is 0 Å². The summed E-state index contributed by atoms with van der Waals surface area (Å²) in [5, 5.41) is 13.4. The first-order chi connectivity index (χ1) is 13.9. The lowest BCUT2D eigenvalue weighted by molar-refractivity contribution is -0.274. The van der Waals surface area contributed by atoms with E-state index in [1.165, 1.54) is 31.2 Å². The number of nitrogens with one attached hydrogen (secondary N) is 1. The number of para-hydroxylation sites is 1. The fourth-order valence-corrected chi connectivity index (χ4v) is 3.26. The lowest BCUT2D eigenvalue weighted by atomic mass is 9.85. The minimum absolute atomic E-state index is 0.230. The number of hydrogen-bond donors (Lipinski definition) is 2. The number of aliphatic hydroxyl groups is 1. The second-order valence-corrected chi connectivity index (χ2v) is 7.45. The molecule has 1 aliphatic heterocycles. The number of aliphatic hydroxyl groups excluding tert-OH is 1. The van der Waals surface area contributed by atoms with Gasteiger partial charge in [-0.25, -0.2) is 0 Å². The van der Waals surface area contributed by atoms with E-state index in [1.807, 2.05) is 0 Å². The zero-order valence-electron chi connectivity index (χ0n) is 16.4. The molecule has 2 N–H and O–H groups in total. The van der Waals surface area contributed by atoms with Crippen LogP contribution in [0.1, 0.15) is 53.1 Å². The molecule has 2 atom stereocenters. The van der Waals surface area contributed by atoms with E-state index in [0.29, 0.717) is 16.9 Å². The van der Waals surface area contributed by atoms with Gasteiger partial charge in [-0.05, 0) is 51.1 Å². The summed E-state index contributed by atoms with van der Waals surface area (Å²) in [7, 11) is 0. The van der Waals surface area contributed by atoms with Gasteiger partial charge in [-0.1, -0.05) is 12.1 Å². The Morgan fingerprint density at radius 2 is 1.83 bits per heavy atom. The van der Waals surface area contributed by atoms with Crippen LogP contribution in [-0.2, 0) is 0 Å². The number of ether oxygens (including phenoxy) is 2. The summed E-state index contributed by atoms with van der Waals surface area (Å²) >= 11 is 0. The van der Waals surface area contributed by atoms with E-state index in [0.717, 1.165) is 6.07 Å². The van der Waals surface area contributed by atoms with Crippen LogP contribution in [0, 0.1) is 0 Å². The number of hydrogen-bond acceptors (Lipinski definition) is 5. The van der Waals surface area contributed by atoms with Crippen molar-refractivity contribution in [3.8, 4) is 11.5 Å². The van der Waals surface area contributed by atoms with Crippen LogP contribution in [0.25, 0.3) is 0 Å². The second-order valence-electron chi connectivity index (χ2n) is 7.45. The SMILES string of the molecule is CC(=O)c1ccc2c(c1)[C@H](NC(=O)c1ccccc1OC(F)(F)F)[C@@H](O)C(C)(C)O2. The van der Waals surface area contributed by atoms with Crippen LogP contribution in [-0.4, -0.2) is 34.9 Å². The highest BCUT2D eigenvalue weighted by Gasteiger charge is 2.44. The molecule has 2 aromatic rings. The molecule has 3 rings (SSSR count). The summed E-state index contributed by atoms with van der Waals surface area (Å²) in [5.74, 6) is -1.43. The van der Waals surface area contributed by atoms with Crippen LogP contribution in [0.3, 0.4) is 0 Å². The zero-order valence-corrected chi connectivity index (χ0v) is 16.4. The van der Waals surface area contributed by atoms with Crippen molar-refractivity contribution in [3.05, 3.63) is 59.2 Å². The molecule has 1 aliphatic rings. The van der Waals surface area contributed by atoms with Gasteiger partial charge in [0.15, 0.2) is 5.78 Å². The Bertz CT molecular complexity index is 987. The molecule has 0 aromatic heterocycles. The van der Waals surface area contributed by atoms with Gasteiger partial charge < -0.3 is 19.9 Å². The Kier molecular flexibility index (Phi) is 5.51. The molecule has 0 bridgehead atoms. The third-order valence-electron chi connectivity index (χ3n) is 4.80. The maximum absolute atomic E-state index is 12.8. The summed E-state index contributed by atoms with van der Waals surface area (Å²) < 4.78 is 47.8. The van der Waals surface area contributed by atoms with Gasteiger partial charge in [-0.2, -0.15) is 0 Å². The molecule has 9 heteroatoms. The third-order valence-corrected chi connectivity index (χ3v) is 4.80. The monoisotopic (exact) mass is 423 g/mol. The predicted octanol–water partition coefficient (Wildman–Crippen LogP) is 3.79. The van der Waals surface area contributed by atoms with Crippen molar-refractivity contribution in [1.82, 2.24) is 5.32 Å². The highest BCUT2D eigenvalue weighted by atomic mass is 19.4. The fraction of sp³-hybridized carbons (Fsp3) is 0.333. The number of fused-ring (bicyclic) bond motifs is 1. The number of carbonyl (C=O) groups is 2. The largest absolute Gasteiger partial charge is 0.573 e. The molecule has 0 saturated heterocycles. The van der Waals surface area contributed by atoms with Gasteiger partial charge in [-0.3, -0.25) is 9.59 Å². The molecule has 0 fully saturated rings. The van der Waals surface area contributed by atoms with E-state index in [-0.39, 0.29) is 11.3 Å². The minimum Gasteiger partial charge on any atom is -0.485 e. The molecule has 0 spiro atoms. The summed E-state index contributed by atoms with van der Waals surface area (Å²) in [6.07, 6.45) is -6.22. The van der Waals surface area contributed by atoms with Gasteiger partial charge >= 0.3 is 6.36 Å². The molecule has 0 saturated carbocycles. The third kappa shape index (κ3) is 4.40. The van der Waals surface area contributed by atoms with Crippen LogP contribution in [0.5, 0.6) is 11.5 Å². The van der Waals surface area contributed by atoms with Crippen molar-refractivity contribution in [2.75, 3.05) is 0 Å². The normalized spacial score (nSPS) is 20.0. The number of Topliss-reactive ketones (excluding diaryl/α,β-unsaturated/α-hetero) is 1. The molecule has 0 radical (unpaired) electrons. The summed E-state index contributed by atoms with van der Waals surface area (Å²) in [6.45, 7) is 4.59. The number of carbonyl (C=O) groups excluding carboxylic acids is 2. The number of ketones is 1. The summed E-state index contributed by atoms with van der Waals surface area (Å²) in [4.78, 5) is 24.6. The molecule has 1 heterocycles. The average molecular weight is 423 g/mol. The fourth-order valence-electron chi connectivity index (χ4n) is 3.26. The van der Waals surface area contributed by atoms with Crippen LogP contribution in [0.15, 0.2) is 42.5 Å². The standard InChI is InChI=1S/C21H20F3NO5/c1-11(26)12-8-9-16-14(10-12)17(18(27)20(2,3)29-16)25-19(28)13-6-4-5-7-15(13)30-21(22,23)24/h4-10,17-18,27H,1-3H3,(H,25,28)/t17-,18+/m0/s1. The number of rotatable bonds is 4. The molecule has 30 heavy (non-hydrogen) atoms. The lowest BCUT2D eigenvalue weighted by Gasteiger charge is -2.42. The first-order valence-electron chi connectivity index (χ1n) is 9.06. The highest BCUT2D eigenvalue weighted by molar-refractivity contribution is 5.97. The van der Waals surface area contributed by atoms with E-state index in [9.17, 15) is 27.9 Å². The van der Waals surface area contributed by atoms with Crippen LogP contribution in [0.2, 0.25) is 0 Å². The topological polar surface area (TPSA) is 84.9 Å². The smallest absolute Gasteiger partial charge is 0.485 e. The van der Waals surface area contributed by atoms with Crippen molar-refractivity contribution in [2.24, 2.45) is 0 Å². The predicted molar refractivity (Wildman–Crippen MR) is 100 cm³/mol. The van der Waals surface area contributed by atoms with Gasteiger partial charge in [0.25, 0.3) is 5.91 Å². The zero-order chi connectivity index (χ0) is 22.3. The molecule has 6 nitrogen and oxygen atoms in total. The van der Waals surface area contributed by atoms with Crippen molar-refractivity contribution < 1.29 is 37.3 Å². The van der Waals surface area contributed by atoms with E-state index in [4.69, 9.17) is 4.74 Å². The molecule has 0 unspecified atom stereocenters. The Labute approximate surface area is 170 Å². The lowest BCUT2D eigenvalue weighted by Crippen LogP contribution is -2.53. The first-order valence-corrected chi connectivity index (χ1v) is 9.06. The first kappa shape index (κ1) is 21.6. The number of halogens is 3.